The topological polar surface area (TPSA) is 138 Å². The Morgan fingerprint density at radius 3 is 2.76 bits per heavy atom. The van der Waals surface area contributed by atoms with Crippen LogP contribution < -0.4 is 14.4 Å². The van der Waals surface area contributed by atoms with Crippen molar-refractivity contribution in [2.75, 3.05) is 24.6 Å². The minimum absolute atomic E-state index is 0.102. The van der Waals surface area contributed by atoms with Crippen LogP contribution in [-0.2, 0) is 27.5 Å². The zero-order valence-corrected chi connectivity index (χ0v) is 27.7. The van der Waals surface area contributed by atoms with Gasteiger partial charge in [-0.1, -0.05) is 36.7 Å². The number of hydrogen-bond acceptors (Lipinski definition) is 8. The summed E-state index contributed by atoms with van der Waals surface area (Å²) in [5, 5.41) is 23.1. The molecule has 2 bridgehead atoms. The minimum atomic E-state index is -4.00. The summed E-state index contributed by atoms with van der Waals surface area (Å²) in [4.78, 5) is 15.7. The number of fused-ring (bicyclic) bond motifs is 4. The van der Waals surface area contributed by atoms with Crippen molar-refractivity contribution >= 4 is 33.2 Å². The summed E-state index contributed by atoms with van der Waals surface area (Å²) >= 11 is 6.42. The summed E-state index contributed by atoms with van der Waals surface area (Å²) in [6, 6.07) is 11.3. The van der Waals surface area contributed by atoms with Crippen LogP contribution in [0.3, 0.4) is 0 Å². The highest BCUT2D eigenvalue weighted by atomic mass is 35.5. The number of aryl methyl sites for hydroxylation is 1. The molecule has 1 fully saturated rings. The van der Waals surface area contributed by atoms with Crippen molar-refractivity contribution in [2.45, 2.75) is 68.6 Å². The van der Waals surface area contributed by atoms with Crippen molar-refractivity contribution in [3.05, 3.63) is 82.2 Å². The zero-order valence-electron chi connectivity index (χ0n) is 26.1. The van der Waals surface area contributed by atoms with E-state index in [0.29, 0.717) is 42.6 Å². The van der Waals surface area contributed by atoms with Gasteiger partial charge in [-0.2, -0.15) is 15.4 Å². The van der Waals surface area contributed by atoms with E-state index in [2.05, 4.69) is 37.2 Å². The quantitative estimate of drug-likeness (QED) is 0.313. The summed E-state index contributed by atoms with van der Waals surface area (Å²) in [7, 11) is -4.00. The van der Waals surface area contributed by atoms with E-state index in [1.165, 1.54) is 11.1 Å². The van der Waals surface area contributed by atoms with Crippen LogP contribution in [-0.4, -0.2) is 59.8 Å². The van der Waals surface area contributed by atoms with E-state index in [-0.39, 0.29) is 28.7 Å². The smallest absolute Gasteiger partial charge is 0.264 e. The van der Waals surface area contributed by atoms with Crippen LogP contribution in [0.25, 0.3) is 0 Å². The molecule has 1 spiro atoms. The molecule has 12 heteroatoms. The monoisotopic (exact) mass is 665 g/mol. The first kappa shape index (κ1) is 31.2. The summed E-state index contributed by atoms with van der Waals surface area (Å²) < 4.78 is 35.6. The Bertz CT molecular complexity index is 1780. The van der Waals surface area contributed by atoms with Crippen LogP contribution >= 0.6 is 11.6 Å². The van der Waals surface area contributed by atoms with Crippen LogP contribution in [0.5, 0.6) is 5.75 Å². The lowest BCUT2D eigenvalue weighted by atomic mass is 9.63. The molecule has 244 valence electrons. The van der Waals surface area contributed by atoms with E-state index in [4.69, 9.17) is 16.3 Å². The fraction of sp³-hybridized carbons (Fsp3) is 0.500. The van der Waals surface area contributed by atoms with E-state index in [0.717, 1.165) is 37.8 Å². The average Bonchev–Trinajstić information content (AvgIpc) is 3.52. The second-order valence-electron chi connectivity index (χ2n) is 13.7. The van der Waals surface area contributed by atoms with Crippen molar-refractivity contribution in [2.24, 2.45) is 17.8 Å². The third-order valence-electron chi connectivity index (χ3n) is 11.0. The molecule has 3 N–H and O–H groups in total. The highest BCUT2D eigenvalue weighted by Gasteiger charge is 2.50. The average molecular weight is 666 g/mol. The number of nitrogens with one attached hydrogen (secondary N) is 2. The standard InChI is InChI=1S/C34H40ClN5O5S/c1-21-5-3-14-34(42,31-17-36-39-37-31)28-10-7-25(28)18-40-19-33(13-4-6-23-15-26(35)9-11-27(23)33)20-45-30-12-8-24(16-29(30)40)32(41)38-46(43,44)22(21)2/h3,8-9,11-12,14-17,21-22,25,28,42H,4-7,10,13,18-20H2,1-2H3,(H,38,41)(H,36,37,39)/b14-3+/t21-,22+,25-,28+,33-,34+/m0/s1. The summed E-state index contributed by atoms with van der Waals surface area (Å²) in [5.41, 5.74) is 2.17. The van der Waals surface area contributed by atoms with Gasteiger partial charge < -0.3 is 14.7 Å². The third kappa shape index (κ3) is 5.40. The largest absolute Gasteiger partial charge is 0.490 e. The lowest BCUT2D eigenvalue weighted by molar-refractivity contribution is -0.0530. The number of carbonyl (C=O) groups excluding carboxylic acids is 1. The van der Waals surface area contributed by atoms with Crippen LogP contribution in [0.1, 0.15) is 73.1 Å². The molecule has 2 aliphatic carbocycles. The molecule has 6 atom stereocenters. The number of anilines is 1. The molecular formula is C34H40ClN5O5S. The molecule has 2 aromatic carbocycles. The van der Waals surface area contributed by atoms with Gasteiger partial charge in [-0.3, -0.25) is 4.79 Å². The van der Waals surface area contributed by atoms with Gasteiger partial charge in [-0.15, -0.1) is 0 Å². The Kier molecular flexibility index (Phi) is 7.92. The summed E-state index contributed by atoms with van der Waals surface area (Å²) in [5.74, 6) is -0.393. The Hall–Kier alpha value is -3.41. The van der Waals surface area contributed by atoms with Crippen molar-refractivity contribution in [1.82, 2.24) is 20.1 Å². The molecule has 4 aliphatic rings. The SMILES string of the molecule is C[C@@H]1[C@@H](C)C/C=C/[C@](O)(c2cn[nH]n2)[C@@H]2CC[C@H]2CN2C[C@@]3(CCCc4cc(Cl)ccc43)COc3ccc(cc32)C(=O)NS1(=O)=O. The van der Waals surface area contributed by atoms with Crippen LogP contribution in [0.2, 0.25) is 5.02 Å². The second-order valence-corrected chi connectivity index (χ2v) is 16.2. The molecule has 3 aromatic rings. The van der Waals surface area contributed by atoms with Crippen molar-refractivity contribution < 1.29 is 23.1 Å². The van der Waals surface area contributed by atoms with Crippen LogP contribution in [0, 0.1) is 17.8 Å². The third-order valence-corrected chi connectivity index (χ3v) is 13.1. The Morgan fingerprint density at radius 1 is 1.15 bits per heavy atom. The molecule has 1 aromatic heterocycles. The molecule has 2 aliphatic heterocycles. The Morgan fingerprint density at radius 2 is 2.00 bits per heavy atom. The highest BCUT2D eigenvalue weighted by Crippen LogP contribution is 2.50. The van der Waals surface area contributed by atoms with Gasteiger partial charge in [0, 0.05) is 35.0 Å². The van der Waals surface area contributed by atoms with Crippen LogP contribution in [0.4, 0.5) is 5.69 Å². The number of rotatable bonds is 1. The zero-order chi connectivity index (χ0) is 32.3. The van der Waals surface area contributed by atoms with Crippen molar-refractivity contribution in [3.63, 3.8) is 0 Å². The number of allylic oxidation sites excluding steroid dienone is 1. The fourth-order valence-electron chi connectivity index (χ4n) is 7.94. The first-order valence-electron chi connectivity index (χ1n) is 16.1. The predicted molar refractivity (Wildman–Crippen MR) is 175 cm³/mol. The van der Waals surface area contributed by atoms with Gasteiger partial charge in [0.1, 0.15) is 17.0 Å². The number of aromatic nitrogens is 3. The number of halogens is 1. The van der Waals surface area contributed by atoms with Crippen molar-refractivity contribution in [1.29, 1.82) is 0 Å². The molecule has 0 radical (unpaired) electrons. The van der Waals surface area contributed by atoms with Gasteiger partial charge in [0.25, 0.3) is 5.91 Å². The lowest BCUT2D eigenvalue weighted by Gasteiger charge is -2.48. The molecule has 10 nitrogen and oxygen atoms in total. The van der Waals surface area contributed by atoms with Gasteiger partial charge in [0.2, 0.25) is 10.0 Å². The molecule has 3 heterocycles. The number of aliphatic hydroxyl groups is 1. The van der Waals surface area contributed by atoms with E-state index in [9.17, 15) is 18.3 Å². The highest BCUT2D eigenvalue weighted by molar-refractivity contribution is 7.90. The molecular weight excluding hydrogens is 626 g/mol. The second kappa shape index (κ2) is 11.7. The van der Waals surface area contributed by atoms with Gasteiger partial charge in [0.05, 0.1) is 23.7 Å². The number of carbonyl (C=O) groups is 1. The maximum atomic E-state index is 13.5. The Labute approximate surface area is 274 Å². The van der Waals surface area contributed by atoms with E-state index < -0.39 is 26.8 Å². The van der Waals surface area contributed by atoms with Crippen molar-refractivity contribution in [3.8, 4) is 5.75 Å². The number of H-pyrrole nitrogens is 1. The maximum absolute atomic E-state index is 13.5. The number of sulfonamides is 1. The maximum Gasteiger partial charge on any atom is 0.264 e. The summed E-state index contributed by atoms with van der Waals surface area (Å²) in [6.45, 7) is 5.13. The van der Waals surface area contributed by atoms with Crippen LogP contribution in [0.15, 0.2) is 54.7 Å². The number of nitrogens with zero attached hydrogens (tertiary/aromatic N) is 3. The molecule has 7 rings (SSSR count). The molecule has 1 amide bonds. The number of ether oxygens (including phenoxy) is 1. The molecule has 0 unspecified atom stereocenters. The van der Waals surface area contributed by atoms with E-state index in [1.54, 1.807) is 37.4 Å². The van der Waals surface area contributed by atoms with E-state index >= 15 is 0 Å². The predicted octanol–water partition coefficient (Wildman–Crippen LogP) is 4.89. The summed E-state index contributed by atoms with van der Waals surface area (Å²) in [6.07, 6.45) is 10.1. The van der Waals surface area contributed by atoms with Gasteiger partial charge in [-0.05, 0) is 98.7 Å². The number of amides is 1. The van der Waals surface area contributed by atoms with Gasteiger partial charge >= 0.3 is 0 Å². The Balaban J connectivity index is 1.34. The number of aromatic amines is 1. The molecule has 1 saturated carbocycles. The van der Waals surface area contributed by atoms with E-state index in [1.807, 2.05) is 19.1 Å². The first-order valence-corrected chi connectivity index (χ1v) is 18.0. The lowest BCUT2D eigenvalue weighted by Crippen LogP contribution is -2.51. The fourth-order valence-corrected chi connectivity index (χ4v) is 9.42. The normalized spacial score (nSPS) is 33.0. The number of hydrogen-bond donors (Lipinski definition) is 3. The first-order chi connectivity index (χ1) is 22.0. The molecule has 0 saturated heterocycles. The minimum Gasteiger partial charge on any atom is -0.490 e. The molecule has 46 heavy (non-hydrogen) atoms. The number of benzene rings is 2. The van der Waals surface area contributed by atoms with Gasteiger partial charge in [0.15, 0.2) is 0 Å². The van der Waals surface area contributed by atoms with Gasteiger partial charge in [-0.25, -0.2) is 13.1 Å².